The molecule has 1 aromatic heterocycles. The Morgan fingerprint density at radius 1 is 1.14 bits per heavy atom. The highest BCUT2D eigenvalue weighted by atomic mass is 32.1. The molecular weight excluding hydrogens is 374 g/mol. The molecule has 1 spiro atoms. The molecule has 2 fully saturated rings. The van der Waals surface area contributed by atoms with Crippen LogP contribution in [-0.4, -0.2) is 41.1 Å². The van der Waals surface area contributed by atoms with Crippen LogP contribution in [0.4, 0.5) is 16.2 Å². The molecule has 1 unspecified atom stereocenters. The number of hydrogen-bond donors (Lipinski definition) is 3. The Labute approximate surface area is 168 Å². The lowest BCUT2D eigenvalue weighted by molar-refractivity contribution is 0.103. The average molecular weight is 400 g/mol. The van der Waals surface area contributed by atoms with Gasteiger partial charge in [-0.15, -0.1) is 11.3 Å². The van der Waals surface area contributed by atoms with Crippen molar-refractivity contribution in [2.24, 2.45) is 5.41 Å². The average Bonchev–Trinajstić information content (AvgIpc) is 3.44. The van der Waals surface area contributed by atoms with Crippen LogP contribution in [0.2, 0.25) is 0 Å². The van der Waals surface area contributed by atoms with Crippen LogP contribution in [-0.2, 0) is 0 Å². The molecule has 1 atom stereocenters. The summed E-state index contributed by atoms with van der Waals surface area (Å²) in [5.74, 6) is -0.165. The summed E-state index contributed by atoms with van der Waals surface area (Å²) in [7, 11) is 0. The van der Waals surface area contributed by atoms with Gasteiger partial charge in [0.05, 0.1) is 17.5 Å². The van der Waals surface area contributed by atoms with Gasteiger partial charge in [-0.2, -0.15) is 0 Å². The minimum atomic E-state index is -0.190. The van der Waals surface area contributed by atoms with Crippen LogP contribution in [0.1, 0.15) is 41.8 Å². The molecular formula is C21H25N3O3S. The number of urea groups is 1. The van der Waals surface area contributed by atoms with Crippen molar-refractivity contribution in [3.8, 4) is 0 Å². The van der Waals surface area contributed by atoms with E-state index in [-0.39, 0.29) is 30.0 Å². The highest BCUT2D eigenvalue weighted by Crippen LogP contribution is 2.47. The summed E-state index contributed by atoms with van der Waals surface area (Å²) in [6, 6.07) is 10.4. The van der Waals surface area contributed by atoms with Gasteiger partial charge in [0, 0.05) is 17.9 Å². The Hall–Kier alpha value is -2.38. The van der Waals surface area contributed by atoms with E-state index < -0.39 is 0 Å². The monoisotopic (exact) mass is 399 g/mol. The Balaban J connectivity index is 1.42. The van der Waals surface area contributed by atoms with Crippen LogP contribution in [0.25, 0.3) is 0 Å². The van der Waals surface area contributed by atoms with Crippen molar-refractivity contribution >= 4 is 34.6 Å². The Morgan fingerprint density at radius 2 is 1.89 bits per heavy atom. The van der Waals surface area contributed by atoms with E-state index in [1.807, 2.05) is 11.4 Å². The highest BCUT2D eigenvalue weighted by molar-refractivity contribution is 7.12. The van der Waals surface area contributed by atoms with E-state index in [9.17, 15) is 14.7 Å². The summed E-state index contributed by atoms with van der Waals surface area (Å²) in [6.07, 6.45) is 5.57. The molecule has 2 aromatic rings. The maximum Gasteiger partial charge on any atom is 0.322 e. The molecule has 1 aliphatic heterocycles. The molecule has 1 saturated heterocycles. The van der Waals surface area contributed by atoms with Gasteiger partial charge in [-0.05, 0) is 54.3 Å². The third kappa shape index (κ3) is 3.91. The second-order valence-corrected chi connectivity index (χ2v) is 8.77. The third-order valence-electron chi connectivity index (χ3n) is 5.87. The number of benzene rings is 1. The summed E-state index contributed by atoms with van der Waals surface area (Å²) in [5, 5.41) is 17.4. The number of likely N-dealkylation sites (tertiary alicyclic amines) is 1. The van der Waals surface area contributed by atoms with Gasteiger partial charge in [0.2, 0.25) is 0 Å². The van der Waals surface area contributed by atoms with Gasteiger partial charge < -0.3 is 20.6 Å². The molecule has 2 heterocycles. The van der Waals surface area contributed by atoms with Crippen molar-refractivity contribution in [2.75, 3.05) is 23.8 Å². The SMILES string of the molecule is O=C(Nc1cccc(NC(=O)N2CC3(CCCC3)CC2CO)c1)c1cccs1. The number of hydrogen-bond acceptors (Lipinski definition) is 4. The number of aliphatic hydroxyl groups is 1. The van der Waals surface area contributed by atoms with Gasteiger partial charge in [-0.3, -0.25) is 4.79 Å². The first kappa shape index (κ1) is 19.0. The second kappa shape index (κ2) is 7.93. The minimum Gasteiger partial charge on any atom is -0.394 e. The van der Waals surface area contributed by atoms with Gasteiger partial charge in [0.1, 0.15) is 0 Å². The standard InChI is InChI=1S/C21H25N3O3S/c25-13-17-12-21(8-1-2-9-21)14-24(17)20(27)23-16-6-3-5-15(11-16)22-19(26)18-7-4-10-28-18/h3-7,10-11,17,25H,1-2,8-9,12-14H2,(H,22,26)(H,23,27). The van der Waals surface area contributed by atoms with Crippen LogP contribution in [0.15, 0.2) is 41.8 Å². The number of carbonyl (C=O) groups excluding carboxylic acids is 2. The number of nitrogens with zero attached hydrogens (tertiary/aromatic N) is 1. The normalized spacial score (nSPS) is 20.5. The molecule has 4 rings (SSSR count). The zero-order valence-corrected chi connectivity index (χ0v) is 16.5. The van der Waals surface area contributed by atoms with E-state index in [0.29, 0.717) is 22.8 Å². The van der Waals surface area contributed by atoms with E-state index in [4.69, 9.17) is 0 Å². The number of thiophene rings is 1. The predicted octanol–water partition coefficient (Wildman–Crippen LogP) is 4.16. The van der Waals surface area contributed by atoms with Crippen molar-refractivity contribution in [1.29, 1.82) is 0 Å². The zero-order chi connectivity index (χ0) is 19.6. The molecule has 28 heavy (non-hydrogen) atoms. The maximum absolute atomic E-state index is 12.9. The van der Waals surface area contributed by atoms with E-state index in [1.54, 1.807) is 35.2 Å². The Bertz CT molecular complexity index is 846. The van der Waals surface area contributed by atoms with Gasteiger partial charge in [-0.1, -0.05) is 25.0 Å². The number of nitrogens with one attached hydrogen (secondary N) is 2. The summed E-state index contributed by atoms with van der Waals surface area (Å²) >= 11 is 1.38. The fourth-order valence-corrected chi connectivity index (χ4v) is 5.14. The Kier molecular flexibility index (Phi) is 5.37. The lowest BCUT2D eigenvalue weighted by Crippen LogP contribution is -2.41. The number of anilines is 2. The van der Waals surface area contributed by atoms with Crippen molar-refractivity contribution < 1.29 is 14.7 Å². The second-order valence-electron chi connectivity index (χ2n) is 7.82. The molecule has 6 nitrogen and oxygen atoms in total. The van der Waals surface area contributed by atoms with E-state index >= 15 is 0 Å². The van der Waals surface area contributed by atoms with Crippen LogP contribution in [0.3, 0.4) is 0 Å². The summed E-state index contributed by atoms with van der Waals surface area (Å²) in [4.78, 5) is 27.5. The maximum atomic E-state index is 12.9. The fraction of sp³-hybridized carbons (Fsp3) is 0.429. The van der Waals surface area contributed by atoms with Crippen molar-refractivity contribution in [1.82, 2.24) is 4.90 Å². The number of aliphatic hydroxyl groups excluding tert-OH is 1. The molecule has 3 amide bonds. The molecule has 0 bridgehead atoms. The molecule has 7 heteroatoms. The van der Waals surface area contributed by atoms with Gasteiger partial charge >= 0.3 is 6.03 Å². The van der Waals surface area contributed by atoms with Gasteiger partial charge in [0.25, 0.3) is 5.91 Å². The molecule has 2 aliphatic rings. The topological polar surface area (TPSA) is 81.7 Å². The molecule has 1 aromatic carbocycles. The van der Waals surface area contributed by atoms with Crippen LogP contribution >= 0.6 is 11.3 Å². The predicted molar refractivity (Wildman–Crippen MR) is 111 cm³/mol. The quantitative estimate of drug-likeness (QED) is 0.722. The first-order valence-corrected chi connectivity index (χ1v) is 10.6. The lowest BCUT2D eigenvalue weighted by Gasteiger charge is -2.25. The molecule has 1 saturated carbocycles. The number of carbonyl (C=O) groups is 2. The van der Waals surface area contributed by atoms with E-state index in [2.05, 4.69) is 10.6 Å². The molecule has 0 radical (unpaired) electrons. The van der Waals surface area contributed by atoms with Crippen LogP contribution in [0.5, 0.6) is 0 Å². The van der Waals surface area contributed by atoms with Crippen LogP contribution < -0.4 is 10.6 Å². The Morgan fingerprint density at radius 3 is 2.57 bits per heavy atom. The zero-order valence-electron chi connectivity index (χ0n) is 15.7. The van der Waals surface area contributed by atoms with E-state index in [1.165, 1.54) is 24.2 Å². The first-order valence-electron chi connectivity index (χ1n) is 9.72. The summed E-state index contributed by atoms with van der Waals surface area (Å²) < 4.78 is 0. The van der Waals surface area contributed by atoms with Crippen molar-refractivity contribution in [3.63, 3.8) is 0 Å². The summed E-state index contributed by atoms with van der Waals surface area (Å²) in [5.41, 5.74) is 1.43. The summed E-state index contributed by atoms with van der Waals surface area (Å²) in [6.45, 7) is 0.699. The van der Waals surface area contributed by atoms with E-state index in [0.717, 1.165) is 19.3 Å². The molecule has 148 valence electrons. The highest BCUT2D eigenvalue weighted by Gasteiger charge is 2.46. The largest absolute Gasteiger partial charge is 0.394 e. The van der Waals surface area contributed by atoms with Crippen molar-refractivity contribution in [2.45, 2.75) is 38.1 Å². The van der Waals surface area contributed by atoms with Crippen molar-refractivity contribution in [3.05, 3.63) is 46.7 Å². The molecule has 1 aliphatic carbocycles. The lowest BCUT2D eigenvalue weighted by atomic mass is 9.84. The van der Waals surface area contributed by atoms with Gasteiger partial charge in [0.15, 0.2) is 0 Å². The molecule has 3 N–H and O–H groups in total. The number of rotatable bonds is 4. The minimum absolute atomic E-state index is 0.00786. The van der Waals surface area contributed by atoms with Crippen LogP contribution in [0, 0.1) is 5.41 Å². The number of amides is 3. The van der Waals surface area contributed by atoms with Gasteiger partial charge in [-0.25, -0.2) is 4.79 Å². The smallest absolute Gasteiger partial charge is 0.322 e. The third-order valence-corrected chi connectivity index (χ3v) is 6.74. The first-order chi connectivity index (χ1) is 13.6. The fourth-order valence-electron chi connectivity index (χ4n) is 4.52.